The Morgan fingerprint density at radius 1 is 1.44 bits per heavy atom. The van der Waals surface area contributed by atoms with Gasteiger partial charge >= 0.3 is 0 Å². The molecule has 0 aliphatic carbocycles. The highest BCUT2D eigenvalue weighted by molar-refractivity contribution is 5.76. The van der Waals surface area contributed by atoms with Gasteiger partial charge in [-0.15, -0.1) is 0 Å². The van der Waals surface area contributed by atoms with E-state index in [1.54, 1.807) is 0 Å². The first kappa shape index (κ1) is 11.5. The quantitative estimate of drug-likeness (QED) is 0.820. The first-order chi connectivity index (χ1) is 8.74. The maximum Gasteiger partial charge on any atom is 0.231 e. The van der Waals surface area contributed by atoms with Crippen molar-refractivity contribution >= 4 is 11.7 Å². The van der Waals surface area contributed by atoms with E-state index in [0.29, 0.717) is 18.5 Å². The van der Waals surface area contributed by atoms with Crippen LogP contribution in [0.2, 0.25) is 0 Å². The van der Waals surface area contributed by atoms with Gasteiger partial charge in [0.25, 0.3) is 0 Å². The van der Waals surface area contributed by atoms with Gasteiger partial charge in [0.2, 0.25) is 5.91 Å². The number of pyridine rings is 1. The molecular weight excluding hydrogens is 228 g/mol. The number of nitrogens with zero attached hydrogens (tertiary/aromatic N) is 3. The van der Waals surface area contributed by atoms with Gasteiger partial charge in [-0.05, 0) is 31.0 Å². The second kappa shape index (κ2) is 4.57. The monoisotopic (exact) mass is 246 g/mol. The Labute approximate surface area is 107 Å². The van der Waals surface area contributed by atoms with E-state index in [9.17, 15) is 4.79 Å². The largest absolute Gasteiger partial charge is 0.369 e. The maximum absolute atomic E-state index is 11.0. The summed E-state index contributed by atoms with van der Waals surface area (Å²) in [6, 6.07) is 6.44. The van der Waals surface area contributed by atoms with Crippen molar-refractivity contribution in [2.75, 3.05) is 31.1 Å². The summed E-state index contributed by atoms with van der Waals surface area (Å²) in [5.74, 6) is 1.45. The van der Waals surface area contributed by atoms with E-state index in [4.69, 9.17) is 5.73 Å². The van der Waals surface area contributed by atoms with Gasteiger partial charge in [-0.1, -0.05) is 6.07 Å². The van der Waals surface area contributed by atoms with Crippen molar-refractivity contribution in [2.45, 2.75) is 12.5 Å². The molecule has 5 nitrogen and oxygen atoms in total. The molecule has 2 aliphatic heterocycles. The Hall–Kier alpha value is -1.62. The number of anilines is 1. The smallest absolute Gasteiger partial charge is 0.231 e. The molecule has 2 saturated heterocycles. The highest BCUT2D eigenvalue weighted by Crippen LogP contribution is 2.32. The third-order valence-electron chi connectivity index (χ3n) is 3.99. The summed E-state index contributed by atoms with van der Waals surface area (Å²) >= 11 is 0. The fourth-order valence-electron chi connectivity index (χ4n) is 3.17. The average Bonchev–Trinajstić information content (AvgIpc) is 2.92. The fraction of sp³-hybridized carbons (Fsp3) is 0.538. The molecule has 0 aromatic carbocycles. The molecule has 2 atom stereocenters. The zero-order valence-corrected chi connectivity index (χ0v) is 10.3. The van der Waals surface area contributed by atoms with Crippen LogP contribution in [0.3, 0.4) is 0 Å². The minimum Gasteiger partial charge on any atom is -0.369 e. The summed E-state index contributed by atoms with van der Waals surface area (Å²) in [5.41, 5.74) is 5.29. The molecule has 3 rings (SSSR count). The molecule has 0 bridgehead atoms. The predicted octanol–water partition coefficient (Wildman–Crippen LogP) is 0.0774. The second-order valence-corrected chi connectivity index (χ2v) is 5.15. The summed E-state index contributed by atoms with van der Waals surface area (Å²) < 4.78 is 0. The van der Waals surface area contributed by atoms with Crippen molar-refractivity contribution in [3.63, 3.8) is 0 Å². The average molecular weight is 246 g/mol. The first-order valence-electron chi connectivity index (χ1n) is 6.42. The van der Waals surface area contributed by atoms with Crippen molar-refractivity contribution in [1.29, 1.82) is 0 Å². The molecule has 5 heteroatoms. The van der Waals surface area contributed by atoms with Crippen LogP contribution in [-0.2, 0) is 4.79 Å². The Bertz CT molecular complexity index is 436. The lowest BCUT2D eigenvalue weighted by Gasteiger charge is -2.23. The molecule has 0 saturated carbocycles. The van der Waals surface area contributed by atoms with Crippen LogP contribution in [-0.4, -0.2) is 48.0 Å². The molecule has 0 spiro atoms. The van der Waals surface area contributed by atoms with Gasteiger partial charge in [-0.2, -0.15) is 0 Å². The molecular formula is C13H18N4O. The first-order valence-corrected chi connectivity index (χ1v) is 6.42. The van der Waals surface area contributed by atoms with Crippen LogP contribution in [0.1, 0.15) is 6.42 Å². The van der Waals surface area contributed by atoms with Crippen molar-refractivity contribution < 1.29 is 4.79 Å². The molecule has 18 heavy (non-hydrogen) atoms. The minimum absolute atomic E-state index is 0.230. The van der Waals surface area contributed by atoms with Crippen molar-refractivity contribution in [3.8, 4) is 0 Å². The number of hydrogen-bond donors (Lipinski definition) is 1. The zero-order chi connectivity index (χ0) is 12.5. The van der Waals surface area contributed by atoms with Gasteiger partial charge in [0, 0.05) is 25.3 Å². The Kier molecular flexibility index (Phi) is 2.91. The van der Waals surface area contributed by atoms with Crippen LogP contribution in [0.25, 0.3) is 0 Å². The molecule has 0 radical (unpaired) electrons. The SMILES string of the molecule is NC(=O)CN1CCC2CN(c3ccccn3)CC21. The minimum atomic E-state index is -0.230. The van der Waals surface area contributed by atoms with Crippen LogP contribution in [0.5, 0.6) is 0 Å². The standard InChI is InChI=1S/C13H18N4O/c14-12(18)9-16-6-4-10-7-17(8-11(10)16)13-3-1-2-5-15-13/h1-3,5,10-11H,4,6-9H2,(H2,14,18). The number of primary amides is 1. The maximum atomic E-state index is 11.0. The van der Waals surface area contributed by atoms with Crippen LogP contribution in [0.4, 0.5) is 5.82 Å². The number of fused-ring (bicyclic) bond motifs is 1. The molecule has 1 amide bonds. The topological polar surface area (TPSA) is 62.5 Å². The summed E-state index contributed by atoms with van der Waals surface area (Å²) in [5, 5.41) is 0. The Balaban J connectivity index is 1.70. The van der Waals surface area contributed by atoms with Crippen LogP contribution in [0.15, 0.2) is 24.4 Å². The number of nitrogens with two attached hydrogens (primary N) is 1. The molecule has 2 aliphatic rings. The van der Waals surface area contributed by atoms with Crippen molar-refractivity contribution in [2.24, 2.45) is 11.7 Å². The summed E-state index contributed by atoms with van der Waals surface area (Å²) in [7, 11) is 0. The molecule has 2 N–H and O–H groups in total. The number of amides is 1. The van der Waals surface area contributed by atoms with Crippen molar-refractivity contribution in [1.82, 2.24) is 9.88 Å². The highest BCUT2D eigenvalue weighted by Gasteiger charge is 2.41. The summed E-state index contributed by atoms with van der Waals surface area (Å²) in [6.45, 7) is 3.37. The van der Waals surface area contributed by atoms with Gasteiger partial charge in [0.1, 0.15) is 5.82 Å². The zero-order valence-electron chi connectivity index (χ0n) is 10.3. The van der Waals surface area contributed by atoms with E-state index >= 15 is 0 Å². The molecule has 3 heterocycles. The Morgan fingerprint density at radius 3 is 3.06 bits per heavy atom. The molecule has 96 valence electrons. The van der Waals surface area contributed by atoms with Crippen molar-refractivity contribution in [3.05, 3.63) is 24.4 Å². The van der Waals surface area contributed by atoms with E-state index in [-0.39, 0.29) is 5.91 Å². The fourth-order valence-corrected chi connectivity index (χ4v) is 3.17. The number of aromatic nitrogens is 1. The summed E-state index contributed by atoms with van der Waals surface area (Å²) in [6.07, 6.45) is 2.98. The van der Waals surface area contributed by atoms with Crippen LogP contribution < -0.4 is 10.6 Å². The van der Waals surface area contributed by atoms with E-state index in [1.807, 2.05) is 24.4 Å². The normalized spacial score (nSPS) is 27.4. The summed E-state index contributed by atoms with van der Waals surface area (Å²) in [4.78, 5) is 20.0. The second-order valence-electron chi connectivity index (χ2n) is 5.15. The molecule has 1 aromatic heterocycles. The highest BCUT2D eigenvalue weighted by atomic mass is 16.1. The third kappa shape index (κ3) is 2.06. The molecule has 2 fully saturated rings. The van der Waals surface area contributed by atoms with Crippen LogP contribution >= 0.6 is 0 Å². The lowest BCUT2D eigenvalue weighted by atomic mass is 10.1. The predicted molar refractivity (Wildman–Crippen MR) is 69.1 cm³/mol. The van der Waals surface area contributed by atoms with Gasteiger partial charge < -0.3 is 10.6 Å². The van der Waals surface area contributed by atoms with Gasteiger partial charge in [-0.3, -0.25) is 9.69 Å². The van der Waals surface area contributed by atoms with Crippen LogP contribution in [0, 0.1) is 5.92 Å². The lowest BCUT2D eigenvalue weighted by molar-refractivity contribution is -0.119. The van der Waals surface area contributed by atoms with Gasteiger partial charge in [-0.25, -0.2) is 4.98 Å². The number of carbonyl (C=O) groups excluding carboxylic acids is 1. The number of rotatable bonds is 3. The van der Waals surface area contributed by atoms with E-state index in [2.05, 4.69) is 14.8 Å². The van der Waals surface area contributed by atoms with E-state index in [1.165, 1.54) is 0 Å². The Morgan fingerprint density at radius 2 is 2.33 bits per heavy atom. The molecule has 2 unspecified atom stereocenters. The number of likely N-dealkylation sites (tertiary alicyclic amines) is 1. The third-order valence-corrected chi connectivity index (χ3v) is 3.99. The number of hydrogen-bond acceptors (Lipinski definition) is 4. The van der Waals surface area contributed by atoms with E-state index in [0.717, 1.165) is 31.9 Å². The molecule has 1 aromatic rings. The number of carbonyl (C=O) groups is 1. The van der Waals surface area contributed by atoms with E-state index < -0.39 is 0 Å². The van der Waals surface area contributed by atoms with Gasteiger partial charge in [0.15, 0.2) is 0 Å². The lowest BCUT2D eigenvalue weighted by Crippen LogP contribution is -2.40. The van der Waals surface area contributed by atoms with Gasteiger partial charge in [0.05, 0.1) is 6.54 Å².